The summed E-state index contributed by atoms with van der Waals surface area (Å²) < 4.78 is 0. The van der Waals surface area contributed by atoms with E-state index in [0.29, 0.717) is 16.3 Å². The van der Waals surface area contributed by atoms with Crippen molar-refractivity contribution >= 4 is 17.3 Å². The zero-order valence-electron chi connectivity index (χ0n) is 8.91. The molecule has 0 amide bonds. The fraction of sp³-hybridized carbons (Fsp3) is 0.300. The first-order valence-electron chi connectivity index (χ1n) is 4.41. The number of hydrogen-bond donors (Lipinski definition) is 3. The summed E-state index contributed by atoms with van der Waals surface area (Å²) >= 11 is 5.74. The van der Waals surface area contributed by atoms with E-state index >= 15 is 0 Å². The van der Waals surface area contributed by atoms with Crippen LogP contribution in [0.5, 0.6) is 0 Å². The predicted octanol–water partition coefficient (Wildman–Crippen LogP) is -0.720. The minimum atomic E-state index is -0.831. The van der Waals surface area contributed by atoms with Crippen LogP contribution in [-0.4, -0.2) is 21.7 Å². The number of nitrogens with one attached hydrogen (secondary N) is 1. The molecular formula is C10H13Cl2N2O2-. The average Bonchev–Trinajstić information content (AvgIpc) is 2.22. The molecule has 0 bridgehead atoms. The van der Waals surface area contributed by atoms with Gasteiger partial charge in [0.05, 0.1) is 5.54 Å². The Balaban J connectivity index is 0.00000225. The Morgan fingerprint density at radius 2 is 1.81 bits per heavy atom. The second-order valence-corrected chi connectivity index (χ2v) is 4.13. The molecule has 1 aromatic carbocycles. The van der Waals surface area contributed by atoms with Crippen molar-refractivity contribution in [3.63, 3.8) is 0 Å². The van der Waals surface area contributed by atoms with Gasteiger partial charge >= 0.3 is 0 Å². The molecule has 16 heavy (non-hydrogen) atoms. The third kappa shape index (κ3) is 3.35. The molecule has 0 spiro atoms. The number of hydrogen-bond acceptors (Lipinski definition) is 4. The summed E-state index contributed by atoms with van der Waals surface area (Å²) in [5, 5.41) is 21.6. The lowest BCUT2D eigenvalue weighted by Gasteiger charge is -2.23. The number of rotatable bonds is 3. The van der Waals surface area contributed by atoms with Crippen molar-refractivity contribution in [3.8, 4) is 0 Å². The number of halogens is 2. The van der Waals surface area contributed by atoms with Crippen molar-refractivity contribution in [3.05, 3.63) is 34.9 Å². The monoisotopic (exact) mass is 263 g/mol. The summed E-state index contributed by atoms with van der Waals surface area (Å²) in [7, 11) is 0. The maximum Gasteiger partial charge on any atom is 0.108 e. The van der Waals surface area contributed by atoms with Gasteiger partial charge in [0.25, 0.3) is 0 Å². The standard InChI is InChI=1S/C10H13ClN2O2.ClH/c1-10(2,13-15)9(12-14)7-3-5-8(11)6-4-7;/h3-6,13-15H,1-2H3;1H/p-1. The van der Waals surface area contributed by atoms with Crippen LogP contribution >= 0.6 is 11.6 Å². The van der Waals surface area contributed by atoms with Gasteiger partial charge in [-0.25, -0.2) is 0 Å². The van der Waals surface area contributed by atoms with E-state index in [0.717, 1.165) is 0 Å². The Kier molecular flexibility index (Phi) is 5.75. The molecule has 0 heterocycles. The van der Waals surface area contributed by atoms with Gasteiger partial charge in [-0.2, -0.15) is 5.48 Å². The normalized spacial score (nSPS) is 12.1. The summed E-state index contributed by atoms with van der Waals surface area (Å²) in [6, 6.07) is 6.82. The largest absolute Gasteiger partial charge is 1.00 e. The first kappa shape index (κ1) is 15.2. The molecule has 0 radical (unpaired) electrons. The topological polar surface area (TPSA) is 64.8 Å². The van der Waals surface area contributed by atoms with Gasteiger partial charge in [0, 0.05) is 10.6 Å². The Hall–Kier alpha value is -0.810. The van der Waals surface area contributed by atoms with Crippen LogP contribution < -0.4 is 17.9 Å². The minimum Gasteiger partial charge on any atom is -1.00 e. The smallest absolute Gasteiger partial charge is 0.108 e. The molecule has 0 unspecified atom stereocenters. The number of oxime groups is 1. The highest BCUT2D eigenvalue weighted by atomic mass is 35.5. The number of nitrogens with zero attached hydrogens (tertiary/aromatic N) is 1. The van der Waals surface area contributed by atoms with Crippen LogP contribution in [-0.2, 0) is 0 Å². The Morgan fingerprint density at radius 1 is 1.31 bits per heavy atom. The molecule has 0 saturated heterocycles. The second kappa shape index (κ2) is 6.06. The zero-order chi connectivity index (χ0) is 11.5. The SMILES string of the molecule is CC(C)(NO)C(=NO)c1ccc(Cl)cc1.[Cl-]. The van der Waals surface area contributed by atoms with Crippen LogP contribution in [0, 0.1) is 0 Å². The van der Waals surface area contributed by atoms with E-state index < -0.39 is 5.54 Å². The highest BCUT2D eigenvalue weighted by Gasteiger charge is 2.26. The van der Waals surface area contributed by atoms with Crippen LogP contribution in [0.15, 0.2) is 29.4 Å². The highest BCUT2D eigenvalue weighted by molar-refractivity contribution is 6.30. The summed E-state index contributed by atoms with van der Waals surface area (Å²) in [4.78, 5) is 0. The molecule has 1 aromatic rings. The molecule has 0 fully saturated rings. The van der Waals surface area contributed by atoms with Gasteiger partial charge in [-0.15, -0.1) is 0 Å². The molecule has 1 rings (SSSR count). The first-order chi connectivity index (χ1) is 7.01. The summed E-state index contributed by atoms with van der Waals surface area (Å²) in [5.74, 6) is 0. The molecule has 0 aliphatic rings. The Morgan fingerprint density at radius 3 is 2.19 bits per heavy atom. The highest BCUT2D eigenvalue weighted by Crippen LogP contribution is 2.16. The predicted molar refractivity (Wildman–Crippen MR) is 58.8 cm³/mol. The maximum absolute atomic E-state index is 8.94. The van der Waals surface area contributed by atoms with E-state index in [1.165, 1.54) is 0 Å². The van der Waals surface area contributed by atoms with Crippen molar-refractivity contribution in [1.82, 2.24) is 5.48 Å². The molecule has 3 N–H and O–H groups in total. The van der Waals surface area contributed by atoms with Crippen molar-refractivity contribution in [1.29, 1.82) is 0 Å². The van der Waals surface area contributed by atoms with Crippen LogP contribution in [0.25, 0.3) is 0 Å². The van der Waals surface area contributed by atoms with Gasteiger partial charge in [-0.3, -0.25) is 0 Å². The first-order valence-corrected chi connectivity index (χ1v) is 4.79. The van der Waals surface area contributed by atoms with Crippen molar-refractivity contribution in [2.45, 2.75) is 19.4 Å². The summed E-state index contributed by atoms with van der Waals surface area (Å²) in [6.07, 6.45) is 0. The molecule has 0 aliphatic heterocycles. The third-order valence-electron chi connectivity index (χ3n) is 2.09. The van der Waals surface area contributed by atoms with E-state index in [1.807, 2.05) is 0 Å². The molecule has 0 saturated carbocycles. The van der Waals surface area contributed by atoms with Crippen LogP contribution in [0.3, 0.4) is 0 Å². The number of hydroxylamine groups is 1. The summed E-state index contributed by atoms with van der Waals surface area (Å²) in [6.45, 7) is 3.38. The quantitative estimate of drug-likeness (QED) is 0.383. The van der Waals surface area contributed by atoms with E-state index in [4.69, 9.17) is 22.0 Å². The van der Waals surface area contributed by atoms with Crippen molar-refractivity contribution in [2.75, 3.05) is 0 Å². The van der Waals surface area contributed by atoms with E-state index in [1.54, 1.807) is 38.1 Å². The van der Waals surface area contributed by atoms with Gasteiger partial charge in [-0.05, 0) is 26.0 Å². The molecule has 0 atom stereocenters. The lowest BCUT2D eigenvalue weighted by molar-refractivity contribution is -0.00000487. The number of benzene rings is 1. The van der Waals surface area contributed by atoms with Gasteiger partial charge in [0.1, 0.15) is 5.71 Å². The Labute approximate surface area is 105 Å². The second-order valence-electron chi connectivity index (χ2n) is 3.69. The molecule has 0 aliphatic carbocycles. The lowest BCUT2D eigenvalue weighted by Crippen LogP contribution is -3.00. The van der Waals surface area contributed by atoms with Gasteiger partial charge in [0.15, 0.2) is 0 Å². The maximum atomic E-state index is 8.94. The fourth-order valence-electron chi connectivity index (χ4n) is 1.20. The molecule has 90 valence electrons. The van der Waals surface area contributed by atoms with E-state index in [9.17, 15) is 0 Å². The average molecular weight is 264 g/mol. The van der Waals surface area contributed by atoms with Gasteiger partial charge in [0.2, 0.25) is 0 Å². The van der Waals surface area contributed by atoms with E-state index in [-0.39, 0.29) is 12.4 Å². The van der Waals surface area contributed by atoms with Crippen LogP contribution in [0.2, 0.25) is 5.02 Å². The molecule has 6 heteroatoms. The van der Waals surface area contributed by atoms with Crippen LogP contribution in [0.4, 0.5) is 0 Å². The summed E-state index contributed by atoms with van der Waals surface area (Å²) in [5.41, 5.74) is 2.27. The molecular weight excluding hydrogens is 251 g/mol. The van der Waals surface area contributed by atoms with Gasteiger partial charge in [-0.1, -0.05) is 28.9 Å². The zero-order valence-corrected chi connectivity index (χ0v) is 10.4. The van der Waals surface area contributed by atoms with Gasteiger partial charge < -0.3 is 22.8 Å². The molecule has 4 nitrogen and oxygen atoms in total. The van der Waals surface area contributed by atoms with E-state index in [2.05, 4.69) is 10.6 Å². The fourth-order valence-corrected chi connectivity index (χ4v) is 1.33. The lowest BCUT2D eigenvalue weighted by atomic mass is 9.93. The minimum absolute atomic E-state index is 0. The van der Waals surface area contributed by atoms with Crippen molar-refractivity contribution < 1.29 is 22.8 Å². The Bertz CT molecular complexity index is 364. The third-order valence-corrected chi connectivity index (χ3v) is 2.34. The van der Waals surface area contributed by atoms with Crippen LogP contribution in [0.1, 0.15) is 19.4 Å². The van der Waals surface area contributed by atoms with Crippen molar-refractivity contribution in [2.24, 2.45) is 5.16 Å². The molecule has 0 aromatic heterocycles.